The van der Waals surface area contributed by atoms with Crippen molar-refractivity contribution in [3.63, 3.8) is 0 Å². The van der Waals surface area contributed by atoms with Crippen molar-refractivity contribution in [1.29, 1.82) is 0 Å². The number of ether oxygens (including phenoxy) is 1. The highest BCUT2D eigenvalue weighted by atomic mass is 32.1. The predicted octanol–water partition coefficient (Wildman–Crippen LogP) is 9.61. The van der Waals surface area contributed by atoms with Crippen molar-refractivity contribution in [2.45, 2.75) is 76.8 Å². The third-order valence-corrected chi connectivity index (χ3v) is 15.9. The Labute approximate surface area is 391 Å². The van der Waals surface area contributed by atoms with E-state index in [4.69, 9.17) is 14.1 Å². The van der Waals surface area contributed by atoms with Gasteiger partial charge < -0.3 is 19.2 Å². The molecule has 4 aliphatic rings. The zero-order chi connectivity index (χ0) is 44.7. The van der Waals surface area contributed by atoms with Crippen molar-refractivity contribution < 1.29 is 14.3 Å². The fourth-order valence-corrected chi connectivity index (χ4v) is 12.3. The minimum Gasteiger partial charge on any atom is -0.508 e. The number of phenols is 1. The normalized spacial score (nSPS) is 20.3. The van der Waals surface area contributed by atoms with E-state index in [0.717, 1.165) is 97.9 Å². The van der Waals surface area contributed by atoms with Gasteiger partial charge in [0.25, 0.3) is 0 Å². The van der Waals surface area contributed by atoms with Crippen LogP contribution in [0.2, 0.25) is 0 Å². The average molecular weight is 899 g/mol. The van der Waals surface area contributed by atoms with Crippen LogP contribution in [0.5, 0.6) is 11.5 Å². The van der Waals surface area contributed by atoms with Gasteiger partial charge in [-0.1, -0.05) is 60.7 Å². The number of aryl methyl sites for hydroxylation is 3. The van der Waals surface area contributed by atoms with Crippen LogP contribution in [0.1, 0.15) is 98.5 Å². The molecule has 6 heterocycles. The van der Waals surface area contributed by atoms with Gasteiger partial charge in [-0.15, -0.1) is 21.5 Å². The zero-order valence-corrected chi connectivity index (χ0v) is 39.0. The fraction of sp³-hybridized carbons (Fsp3) is 0.370. The number of oxazole rings is 1. The Balaban J connectivity index is 0.679. The van der Waals surface area contributed by atoms with E-state index >= 15 is 0 Å². The summed E-state index contributed by atoms with van der Waals surface area (Å²) < 4.78 is 14.2. The lowest BCUT2D eigenvalue weighted by atomic mass is 9.69. The van der Waals surface area contributed by atoms with Crippen LogP contribution >= 0.6 is 11.3 Å². The van der Waals surface area contributed by atoms with Crippen molar-refractivity contribution >= 4 is 22.7 Å². The molecule has 0 spiro atoms. The summed E-state index contributed by atoms with van der Waals surface area (Å²) in [6, 6.07) is 35.0. The largest absolute Gasteiger partial charge is 0.508 e. The number of aromatic hydroxyl groups is 1. The van der Waals surface area contributed by atoms with E-state index in [-0.39, 0.29) is 12.0 Å². The molecule has 3 atom stereocenters. The molecule has 0 bridgehead atoms. The van der Waals surface area contributed by atoms with Crippen LogP contribution < -0.4 is 9.64 Å². The van der Waals surface area contributed by atoms with E-state index < -0.39 is 0 Å². The summed E-state index contributed by atoms with van der Waals surface area (Å²) >= 11 is 1.78. The second kappa shape index (κ2) is 18.3. The molecule has 1 N–H and O–H groups in total. The fourth-order valence-electron chi connectivity index (χ4n) is 11.1. The number of phenolic OH excluding ortho intramolecular Hbond substituents is 1. The van der Waals surface area contributed by atoms with Crippen LogP contribution in [0.3, 0.4) is 0 Å². The van der Waals surface area contributed by atoms with Crippen LogP contribution in [-0.4, -0.2) is 98.8 Å². The number of piperidine rings is 1. The lowest BCUT2D eigenvalue weighted by molar-refractivity contribution is 0.0770. The number of anilines is 1. The van der Waals surface area contributed by atoms with E-state index in [2.05, 4.69) is 133 Å². The average Bonchev–Trinajstić information content (AvgIpc) is 4.07. The summed E-state index contributed by atoms with van der Waals surface area (Å²) in [5.41, 5.74) is 11.0. The first kappa shape index (κ1) is 42.5. The summed E-state index contributed by atoms with van der Waals surface area (Å²) in [6.07, 6.45) is 8.19. The molecular formula is C54H58N8O3S. The standard InChI is InChI=1S/C54H58N8O3S/c1-35-36(2)66-54-50(35)52(56-48(34-49-55-23-31-65-49)53-58-57-37(3)62(53)54)40-9-14-42(15-10-40)60-24-21-43(22-25-60)61-28-26-59(27-29-61)30-32-64-45-17-11-39(12-18-45)51-46(38-7-5-4-6-8-38)19-13-41-33-44(63)16-20-47(41)51/h4-12,14-18,20,23,31,33,43,46,48,51,63H,13,19,21-22,24-30,32,34H2,1-3H3/t46-,48-,51+/m0/s1. The quantitative estimate of drug-likeness (QED) is 0.136. The number of fused-ring (bicyclic) bond motifs is 4. The Hall–Kier alpha value is -6.08. The molecule has 2 saturated heterocycles. The Morgan fingerprint density at radius 3 is 2.36 bits per heavy atom. The molecule has 338 valence electrons. The highest BCUT2D eigenvalue weighted by molar-refractivity contribution is 7.15. The third-order valence-electron chi connectivity index (χ3n) is 14.7. The zero-order valence-electron chi connectivity index (χ0n) is 38.1. The van der Waals surface area contributed by atoms with Gasteiger partial charge in [0.05, 0.1) is 18.3 Å². The van der Waals surface area contributed by atoms with Gasteiger partial charge >= 0.3 is 0 Å². The Kier molecular flexibility index (Phi) is 11.8. The van der Waals surface area contributed by atoms with E-state index in [1.54, 1.807) is 23.8 Å². The van der Waals surface area contributed by atoms with Gasteiger partial charge in [-0.05, 0) is 117 Å². The van der Waals surface area contributed by atoms with Crippen molar-refractivity contribution in [1.82, 2.24) is 29.5 Å². The summed E-state index contributed by atoms with van der Waals surface area (Å²) in [6.45, 7) is 14.5. The van der Waals surface area contributed by atoms with Gasteiger partial charge in [0.1, 0.15) is 41.2 Å². The number of aromatic nitrogens is 4. The Morgan fingerprint density at radius 1 is 0.818 bits per heavy atom. The number of rotatable bonds is 11. The van der Waals surface area contributed by atoms with Gasteiger partial charge in [0.2, 0.25) is 0 Å². The highest BCUT2D eigenvalue weighted by Gasteiger charge is 2.34. The molecular weight excluding hydrogens is 841 g/mol. The molecule has 11 nitrogen and oxygen atoms in total. The predicted molar refractivity (Wildman–Crippen MR) is 261 cm³/mol. The topological polar surface area (TPSA) is 108 Å². The molecule has 3 aliphatic heterocycles. The first-order chi connectivity index (χ1) is 32.3. The van der Waals surface area contributed by atoms with Crippen molar-refractivity contribution in [2.24, 2.45) is 4.99 Å². The van der Waals surface area contributed by atoms with Gasteiger partial charge in [0, 0.05) is 79.5 Å². The van der Waals surface area contributed by atoms with E-state index in [9.17, 15) is 5.11 Å². The number of benzene rings is 4. The van der Waals surface area contributed by atoms with Crippen molar-refractivity contribution in [3.05, 3.63) is 171 Å². The lowest BCUT2D eigenvalue weighted by Crippen LogP contribution is -2.53. The summed E-state index contributed by atoms with van der Waals surface area (Å²) in [4.78, 5) is 19.0. The maximum Gasteiger partial charge on any atom is 0.196 e. The number of hydrogen-bond donors (Lipinski definition) is 1. The summed E-state index contributed by atoms with van der Waals surface area (Å²) in [5, 5.41) is 20.5. The maximum atomic E-state index is 10.2. The van der Waals surface area contributed by atoms with Crippen LogP contribution in [0.15, 0.2) is 119 Å². The SMILES string of the molecule is Cc1sc2c(c1C)C(c1ccc(N3CCC(N4CCN(CCOc5ccc([C@H]6c7ccc(O)cc7CC[C@H]6c6ccccc6)cc5)CC4)CC3)cc1)=N[C@@H](Cc1ncco1)c1nnc(C)n1-2. The second-order valence-corrected chi connectivity index (χ2v) is 19.7. The molecule has 0 radical (unpaired) electrons. The number of hydrogen-bond acceptors (Lipinski definition) is 11. The molecule has 2 fully saturated rings. The second-order valence-electron chi connectivity index (χ2n) is 18.5. The van der Waals surface area contributed by atoms with Gasteiger partial charge in [0.15, 0.2) is 11.7 Å². The van der Waals surface area contributed by atoms with Crippen molar-refractivity contribution in [3.8, 4) is 16.5 Å². The molecule has 0 saturated carbocycles. The molecule has 0 unspecified atom stereocenters. The first-order valence-corrected chi connectivity index (χ1v) is 24.6. The Bertz CT molecular complexity index is 2800. The number of piperazine rings is 1. The number of thiophene rings is 1. The van der Waals surface area contributed by atoms with Crippen LogP contribution in [0, 0.1) is 20.8 Å². The Morgan fingerprint density at radius 2 is 1.61 bits per heavy atom. The molecule has 7 aromatic rings. The molecule has 11 rings (SSSR count). The smallest absolute Gasteiger partial charge is 0.196 e. The monoisotopic (exact) mass is 898 g/mol. The minimum absolute atomic E-state index is 0.236. The maximum absolute atomic E-state index is 10.2. The lowest BCUT2D eigenvalue weighted by Gasteiger charge is -2.43. The molecule has 1 aliphatic carbocycles. The molecule has 3 aromatic heterocycles. The number of nitrogens with zero attached hydrogens (tertiary/aromatic N) is 8. The molecule has 12 heteroatoms. The van der Waals surface area contributed by atoms with Crippen LogP contribution in [0.25, 0.3) is 5.00 Å². The molecule has 4 aromatic carbocycles. The van der Waals surface area contributed by atoms with Crippen LogP contribution in [0.4, 0.5) is 5.69 Å². The first-order valence-electron chi connectivity index (χ1n) is 23.7. The molecule has 66 heavy (non-hydrogen) atoms. The van der Waals surface area contributed by atoms with Gasteiger partial charge in [-0.25, -0.2) is 4.98 Å². The minimum atomic E-state index is -0.282. The van der Waals surface area contributed by atoms with Crippen LogP contribution in [-0.2, 0) is 12.8 Å². The van der Waals surface area contributed by atoms with Gasteiger partial charge in [-0.3, -0.25) is 19.4 Å². The highest BCUT2D eigenvalue weighted by Crippen LogP contribution is 2.47. The van der Waals surface area contributed by atoms with E-state index in [1.807, 2.05) is 19.1 Å². The summed E-state index contributed by atoms with van der Waals surface area (Å²) in [7, 11) is 0. The van der Waals surface area contributed by atoms with Gasteiger partial charge in [-0.2, -0.15) is 0 Å². The number of aliphatic imine (C=N–C) groups is 1. The van der Waals surface area contributed by atoms with E-state index in [1.165, 1.54) is 51.2 Å². The van der Waals surface area contributed by atoms with Crippen molar-refractivity contribution in [2.75, 3.05) is 57.3 Å². The third kappa shape index (κ3) is 8.35. The van der Waals surface area contributed by atoms with E-state index in [0.29, 0.717) is 36.6 Å². The summed E-state index contributed by atoms with van der Waals surface area (Å²) in [5.74, 6) is 4.21. The molecule has 0 amide bonds.